The maximum absolute atomic E-state index is 9.94. The second-order valence-electron chi connectivity index (χ2n) is 7.85. The van der Waals surface area contributed by atoms with Crippen molar-refractivity contribution < 1.29 is 37.8 Å². The van der Waals surface area contributed by atoms with Crippen LogP contribution < -0.4 is 28.7 Å². The summed E-state index contributed by atoms with van der Waals surface area (Å²) in [6.45, 7) is 6.83. The van der Waals surface area contributed by atoms with E-state index in [0.29, 0.717) is 0 Å². The van der Waals surface area contributed by atoms with Gasteiger partial charge in [0.2, 0.25) is 0 Å². The van der Waals surface area contributed by atoms with Gasteiger partial charge in [0, 0.05) is 37.1 Å². The van der Waals surface area contributed by atoms with Gasteiger partial charge in [0.1, 0.15) is 13.1 Å². The lowest BCUT2D eigenvalue weighted by Crippen LogP contribution is -2.37. The molecule has 0 aliphatic carbocycles. The number of hydrogen-bond donors (Lipinski definition) is 0. The number of aryl methyl sites for hydroxylation is 2. The average molecular weight is 569 g/mol. The van der Waals surface area contributed by atoms with Crippen LogP contribution in [-0.2, 0) is 22.2 Å². The minimum Gasteiger partial charge on any atom is -0.808 e. The number of alkyl halides is 2. The van der Waals surface area contributed by atoms with Gasteiger partial charge in [-0.3, -0.25) is 0 Å². The van der Waals surface area contributed by atoms with Crippen molar-refractivity contribution in [2.45, 2.75) is 82.1 Å². The molecule has 0 saturated heterocycles. The number of aromatic nitrogens is 2. The summed E-state index contributed by atoms with van der Waals surface area (Å²) in [4.78, 5) is 39.7. The first kappa shape index (κ1) is 34.2. The van der Waals surface area contributed by atoms with Crippen LogP contribution in [0, 0.1) is 0 Å². The zero-order valence-electron chi connectivity index (χ0n) is 20.3. The number of hydrogen-bond acceptors (Lipinski definition) is 6. The molecule has 0 saturated carbocycles. The Morgan fingerprint density at radius 2 is 0.914 bits per heavy atom. The summed E-state index contributed by atoms with van der Waals surface area (Å²) in [5.41, 5.74) is 0. The normalized spacial score (nSPS) is 11.7. The number of unbranched alkanes of at least 4 members (excludes halogenated alkanes) is 6. The zero-order valence-corrected chi connectivity index (χ0v) is 23.6. The van der Waals surface area contributed by atoms with Crippen molar-refractivity contribution in [3.63, 3.8) is 0 Å². The highest BCUT2D eigenvalue weighted by atomic mass is 35.5. The third kappa shape index (κ3) is 15.8. The largest absolute Gasteiger partial charge is 0.808 e. The van der Waals surface area contributed by atoms with Crippen molar-refractivity contribution in [1.29, 1.82) is 0 Å². The molecule has 0 aliphatic rings. The highest BCUT2D eigenvalue weighted by Gasteiger charge is 2.32. The van der Waals surface area contributed by atoms with Crippen LogP contribution in [0.5, 0.6) is 0 Å². The van der Waals surface area contributed by atoms with E-state index in [0.717, 1.165) is 0 Å². The van der Waals surface area contributed by atoms with Crippen molar-refractivity contribution in [3.8, 4) is 0 Å². The second kappa shape index (κ2) is 18.4. The SMILES string of the molecule is CCCCCC[n+]1ccccc1.CCCCCC[n+]1ccccc1.O=P([O-])([O-])C(Cl)(Cl)P(=O)([O-])[O-]. The van der Waals surface area contributed by atoms with Gasteiger partial charge in [0.25, 0.3) is 0 Å². The Morgan fingerprint density at radius 3 is 1.14 bits per heavy atom. The highest BCUT2D eigenvalue weighted by molar-refractivity contribution is 7.76. The predicted molar refractivity (Wildman–Crippen MR) is 131 cm³/mol. The van der Waals surface area contributed by atoms with E-state index >= 15 is 0 Å². The van der Waals surface area contributed by atoms with Gasteiger partial charge in [-0.15, -0.1) is 0 Å². The molecule has 0 fully saturated rings. The average Bonchev–Trinajstić information content (AvgIpc) is 2.80. The van der Waals surface area contributed by atoms with Crippen LogP contribution in [0.1, 0.15) is 65.2 Å². The van der Waals surface area contributed by atoms with Crippen LogP contribution in [0.15, 0.2) is 61.2 Å². The summed E-state index contributed by atoms with van der Waals surface area (Å²) in [5.74, 6) is 0. The van der Waals surface area contributed by atoms with Gasteiger partial charge < -0.3 is 28.7 Å². The molecule has 8 nitrogen and oxygen atoms in total. The summed E-state index contributed by atoms with van der Waals surface area (Å²) in [5, 5.41) is 0. The van der Waals surface area contributed by atoms with Crippen molar-refractivity contribution in [2.75, 3.05) is 0 Å². The third-order valence-corrected chi connectivity index (χ3v) is 10.0. The first-order valence-corrected chi connectivity index (χ1v) is 15.5. The predicted octanol–water partition coefficient (Wildman–Crippen LogP) is 3.01. The Labute approximate surface area is 219 Å². The molecule has 0 bridgehead atoms. The second-order valence-corrected chi connectivity index (χ2v) is 13.9. The summed E-state index contributed by atoms with van der Waals surface area (Å²) in [6, 6.07) is 12.4. The first-order valence-electron chi connectivity index (χ1n) is 11.7. The standard InChI is InChI=1S/2C11H18N.CH4Cl2O6P2/c2*1-2-3-4-6-9-12-10-7-5-8-11-12;2-1(3,10(4,5)6)11(7,8)9/h2*5,7-8,10-11H,2-4,6,9H2,1H3;(H2,4,5,6)(H2,7,8,9)/q2*+1;/p-4. The lowest BCUT2D eigenvalue weighted by Gasteiger charge is -2.51. The summed E-state index contributed by atoms with van der Waals surface area (Å²) in [6.07, 6.45) is 19.2. The smallest absolute Gasteiger partial charge is 0.169 e. The van der Waals surface area contributed by atoms with Gasteiger partial charge in [-0.1, -0.05) is 74.9 Å². The molecule has 0 atom stereocenters. The molecule has 0 unspecified atom stereocenters. The fourth-order valence-corrected chi connectivity index (χ4v) is 3.96. The first-order chi connectivity index (χ1) is 16.4. The molecule has 0 radical (unpaired) electrons. The molecular formula is C23H36Cl2N2O6P2-2. The quantitative estimate of drug-likeness (QED) is 0.167. The third-order valence-electron chi connectivity index (χ3n) is 4.75. The molecule has 12 heteroatoms. The molecule has 2 aromatic rings. The topological polar surface area (TPSA) is 134 Å². The molecule has 200 valence electrons. The van der Waals surface area contributed by atoms with Crippen LogP contribution in [0.3, 0.4) is 0 Å². The summed E-state index contributed by atoms with van der Waals surface area (Å²) >= 11 is 8.96. The lowest BCUT2D eigenvalue weighted by atomic mass is 10.2. The van der Waals surface area contributed by atoms with Crippen LogP contribution >= 0.6 is 38.4 Å². The van der Waals surface area contributed by atoms with Gasteiger partial charge in [-0.2, -0.15) is 0 Å². The molecule has 0 N–H and O–H groups in total. The van der Waals surface area contributed by atoms with Crippen LogP contribution in [0.2, 0.25) is 0 Å². The van der Waals surface area contributed by atoms with Crippen molar-refractivity contribution >= 4 is 38.4 Å². The summed E-state index contributed by atoms with van der Waals surface area (Å²) in [7, 11) is -11.7. The minimum absolute atomic E-state index is 1.17. The van der Waals surface area contributed by atoms with E-state index in [1.54, 1.807) is 0 Å². The zero-order chi connectivity index (χ0) is 26.8. The van der Waals surface area contributed by atoms with Gasteiger partial charge in [0.15, 0.2) is 28.6 Å². The van der Waals surface area contributed by atoms with Crippen molar-refractivity contribution in [1.82, 2.24) is 0 Å². The van der Waals surface area contributed by atoms with E-state index in [4.69, 9.17) is 0 Å². The van der Waals surface area contributed by atoms with Crippen LogP contribution in [-0.4, -0.2) is 3.82 Å². The van der Waals surface area contributed by atoms with E-state index in [2.05, 4.69) is 107 Å². The minimum atomic E-state index is -5.85. The number of halogens is 2. The monoisotopic (exact) mass is 568 g/mol. The Morgan fingerprint density at radius 1 is 0.600 bits per heavy atom. The Balaban J connectivity index is 0.000000496. The number of pyridine rings is 2. The van der Waals surface area contributed by atoms with E-state index in [1.165, 1.54) is 64.5 Å². The molecule has 2 heterocycles. The fraction of sp³-hybridized carbons (Fsp3) is 0.565. The molecule has 35 heavy (non-hydrogen) atoms. The Hall–Kier alpha value is -0.820. The highest BCUT2D eigenvalue weighted by Crippen LogP contribution is 2.66. The van der Waals surface area contributed by atoms with E-state index in [1.807, 2.05) is 0 Å². The van der Waals surface area contributed by atoms with Gasteiger partial charge in [0.05, 0.1) is 0 Å². The number of rotatable bonds is 12. The Kier molecular flexibility index (Phi) is 18.0. The molecule has 2 rings (SSSR count). The molecule has 2 aromatic heterocycles. The molecule has 0 amide bonds. The van der Waals surface area contributed by atoms with E-state index in [9.17, 15) is 28.7 Å². The van der Waals surface area contributed by atoms with Crippen LogP contribution in [0.4, 0.5) is 0 Å². The maximum atomic E-state index is 9.94. The van der Waals surface area contributed by atoms with Gasteiger partial charge >= 0.3 is 0 Å². The van der Waals surface area contributed by atoms with Gasteiger partial charge in [-0.25, -0.2) is 9.13 Å². The van der Waals surface area contributed by atoms with Gasteiger partial charge in [-0.05, 0) is 28.0 Å². The summed E-state index contributed by atoms with van der Waals surface area (Å²) < 4.78 is 20.6. The number of nitrogens with zero attached hydrogens (tertiary/aromatic N) is 2. The molecule has 0 aliphatic heterocycles. The van der Waals surface area contributed by atoms with E-state index < -0.39 is 19.0 Å². The molecular weight excluding hydrogens is 533 g/mol. The van der Waals surface area contributed by atoms with E-state index in [-0.39, 0.29) is 0 Å². The van der Waals surface area contributed by atoms with Crippen molar-refractivity contribution in [2.24, 2.45) is 0 Å². The fourth-order valence-electron chi connectivity index (χ4n) is 2.76. The lowest BCUT2D eigenvalue weighted by molar-refractivity contribution is -0.697. The Bertz CT molecular complexity index is 809. The molecule has 0 spiro atoms. The maximum Gasteiger partial charge on any atom is 0.169 e. The molecule has 0 aromatic carbocycles. The van der Waals surface area contributed by atoms with Crippen molar-refractivity contribution in [3.05, 3.63) is 61.2 Å². The van der Waals surface area contributed by atoms with Crippen LogP contribution in [0.25, 0.3) is 0 Å².